The van der Waals surface area contributed by atoms with Crippen molar-refractivity contribution in [1.82, 2.24) is 10.2 Å². The summed E-state index contributed by atoms with van der Waals surface area (Å²) >= 11 is 0. The van der Waals surface area contributed by atoms with Crippen molar-refractivity contribution >= 4 is 5.91 Å². The Morgan fingerprint density at radius 1 is 1.37 bits per heavy atom. The minimum atomic E-state index is 0.0566. The van der Waals surface area contributed by atoms with Gasteiger partial charge in [0.25, 0.3) is 0 Å². The molecule has 2 rings (SSSR count). The summed E-state index contributed by atoms with van der Waals surface area (Å²) in [6, 6.07) is 0.0566. The smallest absolute Gasteiger partial charge is 0.239 e. The Hall–Kier alpha value is -0.610. The van der Waals surface area contributed by atoms with Gasteiger partial charge in [0.1, 0.15) is 0 Å². The lowest BCUT2D eigenvalue weighted by molar-refractivity contribution is -0.136. The quantitative estimate of drug-likeness (QED) is 0.648. The molecular weight excluding hydrogens is 240 g/mol. The van der Waals surface area contributed by atoms with Crippen LogP contribution in [0.15, 0.2) is 0 Å². The van der Waals surface area contributed by atoms with Gasteiger partial charge in [-0.05, 0) is 51.0 Å². The predicted octanol–water partition coefficient (Wildman–Crippen LogP) is 1.79. The van der Waals surface area contributed by atoms with Crippen LogP contribution in [0.5, 0.6) is 0 Å². The molecular formula is C15H28N2O2. The Bertz CT molecular complexity index is 279. The molecule has 1 saturated carbocycles. The van der Waals surface area contributed by atoms with E-state index in [4.69, 9.17) is 4.74 Å². The van der Waals surface area contributed by atoms with Crippen molar-refractivity contribution in [2.24, 2.45) is 5.92 Å². The highest BCUT2D eigenvalue weighted by molar-refractivity contribution is 5.82. The number of amides is 1. The monoisotopic (exact) mass is 268 g/mol. The molecule has 1 N–H and O–H groups in total. The van der Waals surface area contributed by atoms with Gasteiger partial charge in [-0.3, -0.25) is 4.79 Å². The molecule has 0 aromatic heterocycles. The first-order chi connectivity index (χ1) is 9.31. The molecule has 2 fully saturated rings. The Morgan fingerprint density at radius 2 is 2.21 bits per heavy atom. The molecule has 19 heavy (non-hydrogen) atoms. The average Bonchev–Trinajstić information content (AvgIpc) is 3.23. The molecule has 4 nitrogen and oxygen atoms in total. The maximum Gasteiger partial charge on any atom is 0.239 e. The number of ether oxygens (including phenoxy) is 1. The highest BCUT2D eigenvalue weighted by Crippen LogP contribution is 2.28. The zero-order chi connectivity index (χ0) is 13.5. The highest BCUT2D eigenvalue weighted by atomic mass is 16.5. The van der Waals surface area contributed by atoms with E-state index in [-0.39, 0.29) is 6.04 Å². The van der Waals surface area contributed by atoms with Crippen molar-refractivity contribution < 1.29 is 9.53 Å². The van der Waals surface area contributed by atoms with E-state index >= 15 is 0 Å². The molecule has 2 aliphatic rings. The molecule has 1 aliphatic heterocycles. The number of carbonyl (C=O) groups excluding carboxylic acids is 1. The van der Waals surface area contributed by atoms with Crippen molar-refractivity contribution in [2.75, 3.05) is 32.8 Å². The SMILES string of the molecule is CCCNC1CCCN(CCCOCC2CC2)C1=O. The van der Waals surface area contributed by atoms with Gasteiger partial charge in [0.05, 0.1) is 6.04 Å². The molecule has 4 heteroatoms. The molecule has 1 heterocycles. The lowest BCUT2D eigenvalue weighted by Crippen LogP contribution is -2.51. The number of hydrogen-bond acceptors (Lipinski definition) is 3. The number of likely N-dealkylation sites (tertiary alicyclic amines) is 1. The van der Waals surface area contributed by atoms with Crippen molar-refractivity contribution in [2.45, 2.75) is 51.5 Å². The predicted molar refractivity (Wildman–Crippen MR) is 76.1 cm³/mol. The van der Waals surface area contributed by atoms with Crippen LogP contribution in [-0.4, -0.2) is 49.7 Å². The van der Waals surface area contributed by atoms with Gasteiger partial charge in [-0.1, -0.05) is 6.92 Å². The minimum absolute atomic E-state index is 0.0566. The molecule has 0 radical (unpaired) electrons. The van der Waals surface area contributed by atoms with Gasteiger partial charge in [-0.15, -0.1) is 0 Å². The molecule has 1 aliphatic carbocycles. The third-order valence-electron chi connectivity index (χ3n) is 3.94. The van der Waals surface area contributed by atoms with E-state index < -0.39 is 0 Å². The van der Waals surface area contributed by atoms with Gasteiger partial charge >= 0.3 is 0 Å². The average molecular weight is 268 g/mol. The fraction of sp³-hybridized carbons (Fsp3) is 0.933. The summed E-state index contributed by atoms with van der Waals surface area (Å²) in [5.74, 6) is 1.13. The number of nitrogens with zero attached hydrogens (tertiary/aromatic N) is 1. The zero-order valence-electron chi connectivity index (χ0n) is 12.2. The molecule has 1 atom stereocenters. The summed E-state index contributed by atoms with van der Waals surface area (Å²) in [6.45, 7) is 6.57. The lowest BCUT2D eigenvalue weighted by Gasteiger charge is -2.32. The molecule has 0 aromatic rings. The first-order valence-electron chi connectivity index (χ1n) is 7.91. The van der Waals surface area contributed by atoms with Crippen LogP contribution in [0.2, 0.25) is 0 Å². The first kappa shape index (κ1) is 14.8. The summed E-state index contributed by atoms with van der Waals surface area (Å²) in [7, 11) is 0. The Morgan fingerprint density at radius 3 is 2.95 bits per heavy atom. The maximum absolute atomic E-state index is 12.2. The largest absolute Gasteiger partial charge is 0.381 e. The van der Waals surface area contributed by atoms with E-state index in [1.165, 1.54) is 12.8 Å². The molecule has 1 saturated heterocycles. The van der Waals surface area contributed by atoms with E-state index in [9.17, 15) is 4.79 Å². The van der Waals surface area contributed by atoms with Crippen LogP contribution in [0.1, 0.15) is 45.4 Å². The van der Waals surface area contributed by atoms with Gasteiger partial charge in [0, 0.05) is 26.3 Å². The molecule has 0 aromatic carbocycles. The topological polar surface area (TPSA) is 41.6 Å². The fourth-order valence-corrected chi connectivity index (χ4v) is 2.56. The van der Waals surface area contributed by atoms with Gasteiger partial charge < -0.3 is 15.0 Å². The van der Waals surface area contributed by atoms with Crippen LogP contribution >= 0.6 is 0 Å². The van der Waals surface area contributed by atoms with E-state index in [0.717, 1.165) is 64.4 Å². The van der Waals surface area contributed by atoms with Crippen LogP contribution < -0.4 is 5.32 Å². The summed E-state index contributed by atoms with van der Waals surface area (Å²) in [5.41, 5.74) is 0. The number of nitrogens with one attached hydrogen (secondary N) is 1. The first-order valence-corrected chi connectivity index (χ1v) is 7.91. The highest BCUT2D eigenvalue weighted by Gasteiger charge is 2.27. The molecule has 110 valence electrons. The van der Waals surface area contributed by atoms with Crippen LogP contribution in [0.25, 0.3) is 0 Å². The zero-order valence-corrected chi connectivity index (χ0v) is 12.2. The number of piperidine rings is 1. The number of carbonyl (C=O) groups is 1. The fourth-order valence-electron chi connectivity index (χ4n) is 2.56. The van der Waals surface area contributed by atoms with Crippen LogP contribution in [0, 0.1) is 5.92 Å². The maximum atomic E-state index is 12.2. The van der Waals surface area contributed by atoms with Crippen LogP contribution in [-0.2, 0) is 9.53 Å². The van der Waals surface area contributed by atoms with Crippen molar-refractivity contribution in [3.05, 3.63) is 0 Å². The standard InChI is InChI=1S/C15H28N2O2/c1-2-8-16-14-5-3-9-17(15(14)18)10-4-11-19-12-13-6-7-13/h13-14,16H,2-12H2,1H3. The second-order valence-corrected chi connectivity index (χ2v) is 5.85. The Balaban J connectivity index is 1.59. The number of hydrogen-bond donors (Lipinski definition) is 1. The number of rotatable bonds is 9. The van der Waals surface area contributed by atoms with E-state index in [1.54, 1.807) is 0 Å². The Kier molecular flexibility index (Phi) is 6.11. The van der Waals surface area contributed by atoms with Crippen LogP contribution in [0.4, 0.5) is 0 Å². The van der Waals surface area contributed by atoms with E-state index in [1.807, 2.05) is 4.90 Å². The summed E-state index contributed by atoms with van der Waals surface area (Å²) < 4.78 is 5.62. The second-order valence-electron chi connectivity index (χ2n) is 5.85. The molecule has 0 bridgehead atoms. The summed E-state index contributed by atoms with van der Waals surface area (Å²) in [6.07, 6.45) is 6.85. The van der Waals surface area contributed by atoms with Crippen molar-refractivity contribution in [1.29, 1.82) is 0 Å². The van der Waals surface area contributed by atoms with Gasteiger partial charge in [0.2, 0.25) is 5.91 Å². The minimum Gasteiger partial charge on any atom is -0.381 e. The van der Waals surface area contributed by atoms with Gasteiger partial charge in [-0.25, -0.2) is 0 Å². The van der Waals surface area contributed by atoms with Gasteiger partial charge in [0.15, 0.2) is 0 Å². The van der Waals surface area contributed by atoms with E-state index in [0.29, 0.717) is 5.91 Å². The lowest BCUT2D eigenvalue weighted by atomic mass is 10.0. The van der Waals surface area contributed by atoms with Gasteiger partial charge in [-0.2, -0.15) is 0 Å². The molecule has 1 amide bonds. The third-order valence-corrected chi connectivity index (χ3v) is 3.94. The van der Waals surface area contributed by atoms with Crippen molar-refractivity contribution in [3.63, 3.8) is 0 Å². The Labute approximate surface area is 116 Å². The van der Waals surface area contributed by atoms with Crippen molar-refractivity contribution in [3.8, 4) is 0 Å². The molecule has 0 spiro atoms. The normalized spacial score (nSPS) is 23.9. The second kappa shape index (κ2) is 7.85. The van der Waals surface area contributed by atoms with Crippen LogP contribution in [0.3, 0.4) is 0 Å². The third kappa shape index (κ3) is 5.11. The summed E-state index contributed by atoms with van der Waals surface area (Å²) in [5, 5.41) is 3.35. The molecule has 1 unspecified atom stereocenters. The summed E-state index contributed by atoms with van der Waals surface area (Å²) in [4.78, 5) is 14.2. The van der Waals surface area contributed by atoms with E-state index in [2.05, 4.69) is 12.2 Å².